The Morgan fingerprint density at radius 2 is 2.32 bits per heavy atom. The van der Waals surface area contributed by atoms with Gasteiger partial charge in [0.2, 0.25) is 5.91 Å². The molecule has 0 bridgehead atoms. The van der Waals surface area contributed by atoms with Crippen LogP contribution in [0.15, 0.2) is 6.20 Å². The van der Waals surface area contributed by atoms with Crippen molar-refractivity contribution in [2.75, 3.05) is 13.1 Å². The van der Waals surface area contributed by atoms with Crippen molar-refractivity contribution in [2.24, 2.45) is 5.73 Å². The number of amides is 1. The van der Waals surface area contributed by atoms with Crippen molar-refractivity contribution in [1.82, 2.24) is 19.9 Å². The second kappa shape index (κ2) is 6.65. The number of hydrogen-bond donors (Lipinski definition) is 1. The van der Waals surface area contributed by atoms with Gasteiger partial charge >= 0.3 is 0 Å². The average Bonchev–Trinajstić information content (AvgIpc) is 3.12. The summed E-state index contributed by atoms with van der Waals surface area (Å²) in [7, 11) is 0. The molecule has 0 spiro atoms. The van der Waals surface area contributed by atoms with E-state index in [4.69, 9.17) is 5.73 Å². The summed E-state index contributed by atoms with van der Waals surface area (Å²) in [6.45, 7) is 3.81. The van der Waals surface area contributed by atoms with Gasteiger partial charge < -0.3 is 10.6 Å². The summed E-state index contributed by atoms with van der Waals surface area (Å²) in [5.41, 5.74) is 6.40. The van der Waals surface area contributed by atoms with Crippen LogP contribution in [0.4, 0.5) is 0 Å². The molecule has 1 aliphatic rings. The molecule has 2 N–H and O–H groups in total. The Morgan fingerprint density at radius 3 is 2.95 bits per heavy atom. The number of carbonyl (C=O) groups excluding carboxylic acids is 1. The molecular weight excluding hydrogens is 242 g/mol. The molecule has 1 aromatic rings. The van der Waals surface area contributed by atoms with Crippen molar-refractivity contribution in [3.63, 3.8) is 0 Å². The molecule has 0 radical (unpaired) electrons. The Morgan fingerprint density at radius 1 is 1.53 bits per heavy atom. The van der Waals surface area contributed by atoms with E-state index in [1.807, 2.05) is 18.0 Å². The fourth-order valence-corrected chi connectivity index (χ4v) is 2.23. The summed E-state index contributed by atoms with van der Waals surface area (Å²) in [5.74, 6) is 0.142. The standard InChI is InChI=1S/C13H23N5O/c1-2-18(12-6-7-12)13(19)10-17-9-11(15-16-17)5-3-4-8-14/h9,12H,2-8,10,14H2,1H3. The highest BCUT2D eigenvalue weighted by molar-refractivity contribution is 5.76. The molecule has 0 aromatic carbocycles. The van der Waals surface area contributed by atoms with Gasteiger partial charge in [-0.2, -0.15) is 0 Å². The molecule has 0 unspecified atom stereocenters. The van der Waals surface area contributed by atoms with E-state index < -0.39 is 0 Å². The summed E-state index contributed by atoms with van der Waals surface area (Å²) >= 11 is 0. The van der Waals surface area contributed by atoms with Gasteiger partial charge in [0.1, 0.15) is 6.54 Å². The molecule has 19 heavy (non-hydrogen) atoms. The van der Waals surface area contributed by atoms with Crippen LogP contribution in [-0.2, 0) is 17.8 Å². The van der Waals surface area contributed by atoms with Crippen molar-refractivity contribution in [1.29, 1.82) is 0 Å². The molecule has 1 heterocycles. The van der Waals surface area contributed by atoms with Crippen molar-refractivity contribution < 1.29 is 4.79 Å². The minimum absolute atomic E-state index is 0.142. The van der Waals surface area contributed by atoms with E-state index in [-0.39, 0.29) is 5.91 Å². The van der Waals surface area contributed by atoms with Crippen LogP contribution < -0.4 is 5.73 Å². The predicted molar refractivity (Wildman–Crippen MR) is 72.4 cm³/mol. The van der Waals surface area contributed by atoms with Crippen LogP contribution in [0, 0.1) is 0 Å². The van der Waals surface area contributed by atoms with Gasteiger partial charge in [-0.1, -0.05) is 5.21 Å². The molecule has 1 aliphatic carbocycles. The lowest BCUT2D eigenvalue weighted by atomic mass is 10.2. The van der Waals surface area contributed by atoms with Gasteiger partial charge in [0, 0.05) is 18.8 Å². The van der Waals surface area contributed by atoms with E-state index in [0.717, 1.165) is 44.3 Å². The first-order valence-corrected chi connectivity index (χ1v) is 7.13. The molecule has 1 aromatic heterocycles. The first-order valence-electron chi connectivity index (χ1n) is 7.13. The Balaban J connectivity index is 1.83. The van der Waals surface area contributed by atoms with Gasteiger partial charge in [0.15, 0.2) is 0 Å². The maximum absolute atomic E-state index is 12.1. The minimum Gasteiger partial charge on any atom is -0.338 e. The number of rotatable bonds is 8. The van der Waals surface area contributed by atoms with E-state index >= 15 is 0 Å². The third-order valence-corrected chi connectivity index (χ3v) is 3.42. The van der Waals surface area contributed by atoms with E-state index in [1.54, 1.807) is 4.68 Å². The van der Waals surface area contributed by atoms with Crippen LogP contribution in [0.1, 0.15) is 38.3 Å². The monoisotopic (exact) mass is 265 g/mol. The highest BCUT2D eigenvalue weighted by Gasteiger charge is 2.31. The summed E-state index contributed by atoms with van der Waals surface area (Å²) in [6.07, 6.45) is 7.05. The number of nitrogens with two attached hydrogens (primary N) is 1. The zero-order valence-corrected chi connectivity index (χ0v) is 11.6. The molecule has 6 heteroatoms. The number of unbranched alkanes of at least 4 members (excludes halogenated alkanes) is 1. The Hall–Kier alpha value is -1.43. The van der Waals surface area contributed by atoms with E-state index in [0.29, 0.717) is 19.1 Å². The van der Waals surface area contributed by atoms with Gasteiger partial charge in [-0.05, 0) is 45.6 Å². The lowest BCUT2D eigenvalue weighted by molar-refractivity contribution is -0.132. The molecule has 0 aliphatic heterocycles. The van der Waals surface area contributed by atoms with Gasteiger partial charge in [0.25, 0.3) is 0 Å². The Labute approximate surface area is 113 Å². The maximum Gasteiger partial charge on any atom is 0.244 e. The van der Waals surface area contributed by atoms with Crippen LogP contribution in [0.2, 0.25) is 0 Å². The second-order valence-corrected chi connectivity index (χ2v) is 5.06. The number of hydrogen-bond acceptors (Lipinski definition) is 4. The summed E-state index contributed by atoms with van der Waals surface area (Å²) < 4.78 is 1.64. The smallest absolute Gasteiger partial charge is 0.244 e. The van der Waals surface area contributed by atoms with Crippen LogP contribution in [-0.4, -0.2) is 44.9 Å². The number of carbonyl (C=O) groups is 1. The highest BCUT2D eigenvalue weighted by atomic mass is 16.2. The zero-order chi connectivity index (χ0) is 13.7. The molecule has 1 fully saturated rings. The Kier molecular flexibility index (Phi) is 4.90. The molecule has 1 amide bonds. The second-order valence-electron chi connectivity index (χ2n) is 5.06. The van der Waals surface area contributed by atoms with Crippen LogP contribution in [0.25, 0.3) is 0 Å². The normalized spacial score (nSPS) is 14.6. The van der Waals surface area contributed by atoms with Crippen LogP contribution in [0.5, 0.6) is 0 Å². The van der Waals surface area contributed by atoms with Crippen molar-refractivity contribution in [3.05, 3.63) is 11.9 Å². The fourth-order valence-electron chi connectivity index (χ4n) is 2.23. The van der Waals surface area contributed by atoms with E-state index in [9.17, 15) is 4.79 Å². The number of nitrogens with zero attached hydrogens (tertiary/aromatic N) is 4. The van der Waals surface area contributed by atoms with Crippen molar-refractivity contribution >= 4 is 5.91 Å². The van der Waals surface area contributed by atoms with E-state index in [1.165, 1.54) is 0 Å². The van der Waals surface area contributed by atoms with Crippen LogP contribution in [0.3, 0.4) is 0 Å². The van der Waals surface area contributed by atoms with Crippen molar-refractivity contribution in [2.45, 2.75) is 51.6 Å². The highest BCUT2D eigenvalue weighted by Crippen LogP contribution is 2.26. The maximum atomic E-state index is 12.1. The van der Waals surface area contributed by atoms with Crippen molar-refractivity contribution in [3.8, 4) is 0 Å². The van der Waals surface area contributed by atoms with Gasteiger partial charge in [-0.25, -0.2) is 4.68 Å². The van der Waals surface area contributed by atoms with E-state index in [2.05, 4.69) is 10.3 Å². The SMILES string of the molecule is CCN(C(=O)Cn1cc(CCCCN)nn1)C1CC1. The molecule has 6 nitrogen and oxygen atoms in total. The molecular formula is C13H23N5O. The predicted octanol–water partition coefficient (Wildman–Crippen LogP) is 0.570. The summed E-state index contributed by atoms with van der Waals surface area (Å²) in [6, 6.07) is 0.463. The summed E-state index contributed by atoms with van der Waals surface area (Å²) in [5, 5.41) is 8.11. The quantitative estimate of drug-likeness (QED) is 0.697. The Bertz CT molecular complexity index is 413. The summed E-state index contributed by atoms with van der Waals surface area (Å²) in [4.78, 5) is 14.1. The topological polar surface area (TPSA) is 77.0 Å². The fraction of sp³-hybridized carbons (Fsp3) is 0.769. The van der Waals surface area contributed by atoms with Gasteiger partial charge in [-0.15, -0.1) is 5.10 Å². The molecule has 2 rings (SSSR count). The van der Waals surface area contributed by atoms with Gasteiger partial charge in [-0.3, -0.25) is 4.79 Å². The van der Waals surface area contributed by atoms with Gasteiger partial charge in [0.05, 0.1) is 5.69 Å². The third-order valence-electron chi connectivity index (χ3n) is 3.42. The zero-order valence-electron chi connectivity index (χ0n) is 11.6. The first kappa shape index (κ1) is 14.0. The lowest BCUT2D eigenvalue weighted by Crippen LogP contribution is -2.35. The molecule has 0 saturated heterocycles. The number of aryl methyl sites for hydroxylation is 1. The lowest BCUT2D eigenvalue weighted by Gasteiger charge is -2.19. The van der Waals surface area contributed by atoms with Crippen LogP contribution >= 0.6 is 0 Å². The third kappa shape index (κ3) is 4.02. The minimum atomic E-state index is 0.142. The number of likely N-dealkylation sites (N-methyl/N-ethyl adjacent to an activating group) is 1. The molecule has 0 atom stereocenters. The molecule has 1 saturated carbocycles. The molecule has 106 valence electrons. The number of aromatic nitrogens is 3. The first-order chi connectivity index (χ1) is 9.24. The largest absolute Gasteiger partial charge is 0.338 e. The average molecular weight is 265 g/mol.